The maximum Gasteiger partial charge on any atom is 0.161 e. The average molecular weight is 309 g/mol. The molecule has 0 fully saturated rings. The van der Waals surface area contributed by atoms with Gasteiger partial charge in [0.15, 0.2) is 11.5 Å². The molecule has 0 N–H and O–H groups in total. The van der Waals surface area contributed by atoms with Gasteiger partial charge in [0.2, 0.25) is 0 Å². The first-order chi connectivity index (χ1) is 11.3. The summed E-state index contributed by atoms with van der Waals surface area (Å²) in [5, 5.41) is 8.55. The fourth-order valence-electron chi connectivity index (χ4n) is 2.54. The molecule has 0 unspecified atom stereocenters. The van der Waals surface area contributed by atoms with Crippen LogP contribution in [0.15, 0.2) is 48.7 Å². The Morgan fingerprint density at radius 1 is 1.00 bits per heavy atom. The zero-order chi connectivity index (χ0) is 16.2. The van der Waals surface area contributed by atoms with E-state index in [1.165, 1.54) is 5.56 Å². The van der Waals surface area contributed by atoms with Gasteiger partial charge in [0.05, 0.1) is 26.1 Å². The van der Waals surface area contributed by atoms with Crippen LogP contribution in [-0.2, 0) is 6.42 Å². The molecule has 0 saturated heterocycles. The molecule has 0 saturated carbocycles. The maximum absolute atomic E-state index is 5.35. The van der Waals surface area contributed by atoms with E-state index in [-0.39, 0.29) is 0 Å². The molecule has 0 atom stereocenters. The normalized spacial score (nSPS) is 10.6. The van der Waals surface area contributed by atoms with Crippen LogP contribution in [-0.4, -0.2) is 29.2 Å². The summed E-state index contributed by atoms with van der Waals surface area (Å²) in [6.45, 7) is 2.13. The fourth-order valence-corrected chi connectivity index (χ4v) is 2.54. The topological polar surface area (TPSA) is 49.2 Å². The Bertz CT molecular complexity index is 812. The summed E-state index contributed by atoms with van der Waals surface area (Å²) >= 11 is 0. The van der Waals surface area contributed by atoms with E-state index in [0.717, 1.165) is 23.4 Å². The molecule has 0 amide bonds. The monoisotopic (exact) mass is 309 g/mol. The Morgan fingerprint density at radius 2 is 1.78 bits per heavy atom. The first kappa shape index (κ1) is 15.1. The number of aromatic nitrogens is 3. The van der Waals surface area contributed by atoms with Crippen LogP contribution in [0.1, 0.15) is 12.5 Å². The number of rotatable bonds is 5. The number of aryl methyl sites for hydroxylation is 1. The van der Waals surface area contributed by atoms with Crippen LogP contribution in [0.3, 0.4) is 0 Å². The van der Waals surface area contributed by atoms with Crippen molar-refractivity contribution in [1.29, 1.82) is 0 Å². The zero-order valence-electron chi connectivity index (χ0n) is 13.5. The molecule has 1 heterocycles. The third kappa shape index (κ3) is 2.90. The summed E-state index contributed by atoms with van der Waals surface area (Å²) in [5.74, 6) is 1.37. The highest BCUT2D eigenvalue weighted by atomic mass is 16.5. The van der Waals surface area contributed by atoms with Crippen molar-refractivity contribution in [3.8, 4) is 28.4 Å². The quantitative estimate of drug-likeness (QED) is 0.723. The molecule has 0 bridgehead atoms. The van der Waals surface area contributed by atoms with Gasteiger partial charge in [0, 0.05) is 5.56 Å². The molecule has 1 aromatic heterocycles. The SMILES string of the molecule is CCc1ccccc1-n1cc(-c2ccc(OC)c(OC)c2)nn1. The molecule has 5 nitrogen and oxygen atoms in total. The van der Waals surface area contributed by atoms with Crippen molar-refractivity contribution < 1.29 is 9.47 Å². The third-order valence-electron chi connectivity index (χ3n) is 3.79. The summed E-state index contributed by atoms with van der Waals surface area (Å²) in [6, 6.07) is 13.9. The van der Waals surface area contributed by atoms with E-state index in [9.17, 15) is 0 Å². The van der Waals surface area contributed by atoms with Gasteiger partial charge < -0.3 is 9.47 Å². The molecule has 0 aliphatic carbocycles. The van der Waals surface area contributed by atoms with Gasteiger partial charge in [-0.3, -0.25) is 0 Å². The van der Waals surface area contributed by atoms with E-state index < -0.39 is 0 Å². The number of methoxy groups -OCH3 is 2. The highest BCUT2D eigenvalue weighted by Crippen LogP contribution is 2.31. The number of ether oxygens (including phenoxy) is 2. The lowest BCUT2D eigenvalue weighted by molar-refractivity contribution is 0.355. The number of para-hydroxylation sites is 1. The van der Waals surface area contributed by atoms with Crippen LogP contribution in [0.25, 0.3) is 16.9 Å². The number of hydrogen-bond donors (Lipinski definition) is 0. The predicted octanol–water partition coefficient (Wildman–Crippen LogP) is 3.51. The lowest BCUT2D eigenvalue weighted by Gasteiger charge is -2.08. The van der Waals surface area contributed by atoms with Crippen LogP contribution in [0.2, 0.25) is 0 Å². The molecule has 0 spiro atoms. The van der Waals surface area contributed by atoms with Crippen molar-refractivity contribution in [1.82, 2.24) is 15.0 Å². The van der Waals surface area contributed by atoms with Gasteiger partial charge in [-0.15, -0.1) is 5.10 Å². The van der Waals surface area contributed by atoms with Gasteiger partial charge in [-0.05, 0) is 36.2 Å². The zero-order valence-corrected chi connectivity index (χ0v) is 13.5. The summed E-state index contributed by atoms with van der Waals surface area (Å²) in [6.07, 6.45) is 2.87. The second kappa shape index (κ2) is 6.52. The Labute approximate surface area is 135 Å². The van der Waals surface area contributed by atoms with Gasteiger partial charge in [-0.25, -0.2) is 4.68 Å². The van der Waals surface area contributed by atoms with Crippen LogP contribution < -0.4 is 9.47 Å². The van der Waals surface area contributed by atoms with E-state index in [1.807, 2.05) is 47.3 Å². The van der Waals surface area contributed by atoms with Crippen LogP contribution >= 0.6 is 0 Å². The molecular weight excluding hydrogens is 290 g/mol. The van der Waals surface area contributed by atoms with Gasteiger partial charge in [0.25, 0.3) is 0 Å². The number of hydrogen-bond acceptors (Lipinski definition) is 4. The largest absolute Gasteiger partial charge is 0.493 e. The van der Waals surface area contributed by atoms with Crippen molar-refractivity contribution in [3.63, 3.8) is 0 Å². The molecule has 3 aromatic rings. The van der Waals surface area contributed by atoms with Gasteiger partial charge in [0.1, 0.15) is 5.69 Å². The Kier molecular flexibility index (Phi) is 4.28. The summed E-state index contributed by atoms with van der Waals surface area (Å²) < 4.78 is 12.4. The molecule has 0 aliphatic rings. The van der Waals surface area contributed by atoms with Crippen LogP contribution in [0, 0.1) is 0 Å². The van der Waals surface area contributed by atoms with Crippen molar-refractivity contribution in [2.24, 2.45) is 0 Å². The van der Waals surface area contributed by atoms with E-state index in [0.29, 0.717) is 11.5 Å². The van der Waals surface area contributed by atoms with E-state index in [1.54, 1.807) is 14.2 Å². The van der Waals surface area contributed by atoms with E-state index >= 15 is 0 Å². The molecule has 2 aromatic carbocycles. The minimum Gasteiger partial charge on any atom is -0.493 e. The van der Waals surface area contributed by atoms with E-state index in [2.05, 4.69) is 23.3 Å². The van der Waals surface area contributed by atoms with Crippen LogP contribution in [0.5, 0.6) is 11.5 Å². The average Bonchev–Trinajstić information content (AvgIpc) is 3.11. The van der Waals surface area contributed by atoms with Crippen molar-refractivity contribution >= 4 is 0 Å². The first-order valence-corrected chi connectivity index (χ1v) is 7.49. The molecule has 0 radical (unpaired) electrons. The maximum atomic E-state index is 5.35. The molecule has 5 heteroatoms. The smallest absolute Gasteiger partial charge is 0.161 e. The highest BCUT2D eigenvalue weighted by Gasteiger charge is 2.11. The summed E-state index contributed by atoms with van der Waals surface area (Å²) in [5.41, 5.74) is 4.00. The fraction of sp³-hybridized carbons (Fsp3) is 0.222. The summed E-state index contributed by atoms with van der Waals surface area (Å²) in [4.78, 5) is 0. The van der Waals surface area contributed by atoms with Gasteiger partial charge >= 0.3 is 0 Å². The van der Waals surface area contributed by atoms with Crippen molar-refractivity contribution in [2.75, 3.05) is 14.2 Å². The molecule has 0 aliphatic heterocycles. The summed E-state index contributed by atoms with van der Waals surface area (Å²) in [7, 11) is 3.24. The van der Waals surface area contributed by atoms with Gasteiger partial charge in [-0.2, -0.15) is 0 Å². The Morgan fingerprint density at radius 3 is 2.52 bits per heavy atom. The predicted molar refractivity (Wildman–Crippen MR) is 89.3 cm³/mol. The number of benzene rings is 2. The Balaban J connectivity index is 1.99. The first-order valence-electron chi connectivity index (χ1n) is 7.49. The van der Waals surface area contributed by atoms with Crippen molar-refractivity contribution in [3.05, 3.63) is 54.2 Å². The van der Waals surface area contributed by atoms with Gasteiger partial charge in [-0.1, -0.05) is 30.3 Å². The second-order valence-electron chi connectivity index (χ2n) is 5.10. The van der Waals surface area contributed by atoms with Crippen LogP contribution in [0.4, 0.5) is 0 Å². The molecular formula is C18H19N3O2. The van der Waals surface area contributed by atoms with E-state index in [4.69, 9.17) is 9.47 Å². The second-order valence-corrected chi connectivity index (χ2v) is 5.10. The molecule has 3 rings (SSSR count). The lowest BCUT2D eigenvalue weighted by Crippen LogP contribution is -1.99. The lowest BCUT2D eigenvalue weighted by atomic mass is 10.1. The number of nitrogens with zero attached hydrogens (tertiary/aromatic N) is 3. The third-order valence-corrected chi connectivity index (χ3v) is 3.79. The Hall–Kier alpha value is -2.82. The van der Waals surface area contributed by atoms with Crippen molar-refractivity contribution in [2.45, 2.75) is 13.3 Å². The molecule has 23 heavy (non-hydrogen) atoms. The minimum absolute atomic E-state index is 0.675. The highest BCUT2D eigenvalue weighted by molar-refractivity contribution is 5.63. The standard InChI is InChI=1S/C18H19N3O2/c1-4-13-7-5-6-8-16(13)21-12-15(19-20-21)14-9-10-17(22-2)18(11-14)23-3/h5-12H,4H2,1-3H3. The minimum atomic E-state index is 0.675. The molecule has 118 valence electrons.